The van der Waals surface area contributed by atoms with E-state index in [9.17, 15) is 0 Å². The Morgan fingerprint density at radius 3 is 2.33 bits per heavy atom. The highest BCUT2D eigenvalue weighted by Crippen LogP contribution is 2.37. The van der Waals surface area contributed by atoms with Crippen molar-refractivity contribution in [3.05, 3.63) is 115 Å². The van der Waals surface area contributed by atoms with Crippen LogP contribution >= 0.6 is 0 Å². The van der Waals surface area contributed by atoms with E-state index in [4.69, 9.17) is 9.72 Å². The second-order valence-electron chi connectivity index (χ2n) is 12.6. The van der Waals surface area contributed by atoms with Gasteiger partial charge in [0.25, 0.3) is 0 Å². The Balaban J connectivity index is 1.29. The highest BCUT2D eigenvalue weighted by molar-refractivity contribution is 6.10. The molecule has 1 aliphatic carbocycles. The van der Waals surface area contributed by atoms with Crippen molar-refractivity contribution in [1.29, 1.82) is 0 Å². The monoisotopic (exact) mass is 551 g/mol. The lowest BCUT2D eigenvalue weighted by atomic mass is 9.84. The van der Waals surface area contributed by atoms with E-state index in [-0.39, 0.29) is 5.41 Å². The van der Waals surface area contributed by atoms with Crippen LogP contribution in [0.5, 0.6) is 11.6 Å². The van der Waals surface area contributed by atoms with Gasteiger partial charge in [-0.1, -0.05) is 82.5 Å². The van der Waals surface area contributed by atoms with Crippen molar-refractivity contribution in [1.82, 2.24) is 14.5 Å². The molecule has 3 heterocycles. The summed E-state index contributed by atoms with van der Waals surface area (Å²) >= 11 is 0. The van der Waals surface area contributed by atoms with Gasteiger partial charge in [-0.3, -0.25) is 4.57 Å². The second kappa shape index (κ2) is 10.8. The maximum Gasteiger partial charge on any atom is 0.219 e. The molecule has 0 saturated heterocycles. The standard InChI is InChI=1S/C38H37N3O/c1-38(2,3)30-19-21-40-37(25-30)42-31-13-9-12-27(22-31)28-16-17-33-32-14-7-8-15-34(32)41(35(33)23-28)36-24-29(18-20-39-36)26-10-5-4-6-11-26/h7-9,12-26H,4-6,10-11H2,1-3H3. The van der Waals surface area contributed by atoms with Gasteiger partial charge in [-0.05, 0) is 88.9 Å². The van der Waals surface area contributed by atoms with Crippen molar-refractivity contribution in [2.75, 3.05) is 0 Å². The minimum Gasteiger partial charge on any atom is -0.439 e. The third kappa shape index (κ3) is 5.07. The van der Waals surface area contributed by atoms with Crippen LogP contribution in [0, 0.1) is 0 Å². The summed E-state index contributed by atoms with van der Waals surface area (Å²) < 4.78 is 8.59. The average molecular weight is 552 g/mol. The van der Waals surface area contributed by atoms with Crippen molar-refractivity contribution in [3.8, 4) is 28.6 Å². The number of aromatic nitrogens is 3. The molecule has 0 bridgehead atoms. The van der Waals surface area contributed by atoms with Crippen LogP contribution in [0.4, 0.5) is 0 Å². The van der Waals surface area contributed by atoms with Gasteiger partial charge in [0.05, 0.1) is 11.0 Å². The molecule has 0 spiro atoms. The van der Waals surface area contributed by atoms with Crippen LogP contribution in [0.1, 0.15) is 69.9 Å². The zero-order valence-electron chi connectivity index (χ0n) is 24.7. The van der Waals surface area contributed by atoms with E-state index >= 15 is 0 Å². The van der Waals surface area contributed by atoms with E-state index < -0.39 is 0 Å². The summed E-state index contributed by atoms with van der Waals surface area (Å²) in [7, 11) is 0. The van der Waals surface area contributed by atoms with E-state index in [1.54, 1.807) is 0 Å². The number of fused-ring (bicyclic) bond motifs is 3. The Morgan fingerprint density at radius 1 is 0.690 bits per heavy atom. The number of hydrogen-bond acceptors (Lipinski definition) is 3. The molecule has 4 nitrogen and oxygen atoms in total. The van der Waals surface area contributed by atoms with Gasteiger partial charge < -0.3 is 4.74 Å². The molecule has 7 rings (SSSR count). The zero-order chi connectivity index (χ0) is 28.7. The molecule has 42 heavy (non-hydrogen) atoms. The maximum absolute atomic E-state index is 6.25. The molecule has 0 N–H and O–H groups in total. The molecular weight excluding hydrogens is 514 g/mol. The van der Waals surface area contributed by atoms with Gasteiger partial charge >= 0.3 is 0 Å². The first kappa shape index (κ1) is 26.5. The minimum absolute atomic E-state index is 0.0293. The van der Waals surface area contributed by atoms with Crippen molar-refractivity contribution in [2.45, 2.75) is 64.2 Å². The SMILES string of the molecule is CC(C)(C)c1ccnc(Oc2cccc(-c3ccc4c5ccccc5n(-c5cc(C6CCCCC6)ccn5)c4c3)c2)c1. The molecule has 3 aromatic carbocycles. The molecule has 210 valence electrons. The maximum atomic E-state index is 6.25. The van der Waals surface area contributed by atoms with Gasteiger partial charge in [-0.15, -0.1) is 0 Å². The quantitative estimate of drug-likeness (QED) is 0.214. The molecule has 1 fully saturated rings. The minimum atomic E-state index is 0.0293. The van der Waals surface area contributed by atoms with Gasteiger partial charge in [-0.2, -0.15) is 0 Å². The molecule has 1 aliphatic rings. The smallest absolute Gasteiger partial charge is 0.219 e. The van der Waals surface area contributed by atoms with Gasteiger partial charge in [0, 0.05) is 29.2 Å². The largest absolute Gasteiger partial charge is 0.439 e. The number of benzene rings is 3. The first-order valence-electron chi connectivity index (χ1n) is 15.2. The van der Waals surface area contributed by atoms with Crippen LogP contribution < -0.4 is 4.74 Å². The van der Waals surface area contributed by atoms with Crippen molar-refractivity contribution in [2.24, 2.45) is 0 Å². The molecule has 0 amide bonds. The third-order valence-electron chi connectivity index (χ3n) is 8.74. The van der Waals surface area contributed by atoms with E-state index in [0.717, 1.165) is 28.2 Å². The van der Waals surface area contributed by atoms with Crippen LogP contribution in [0.15, 0.2) is 103 Å². The first-order valence-corrected chi connectivity index (χ1v) is 15.2. The lowest BCUT2D eigenvalue weighted by Gasteiger charge is -2.22. The van der Waals surface area contributed by atoms with E-state index in [2.05, 4.69) is 103 Å². The molecule has 3 aromatic heterocycles. The van der Waals surface area contributed by atoms with Crippen LogP contribution in [-0.4, -0.2) is 14.5 Å². The zero-order valence-corrected chi connectivity index (χ0v) is 24.7. The third-order valence-corrected chi connectivity index (χ3v) is 8.74. The van der Waals surface area contributed by atoms with Crippen molar-refractivity contribution >= 4 is 21.8 Å². The molecule has 0 radical (unpaired) electrons. The summed E-state index contributed by atoms with van der Waals surface area (Å²) in [6, 6.07) is 32.3. The van der Waals surface area contributed by atoms with Crippen molar-refractivity contribution in [3.63, 3.8) is 0 Å². The molecule has 1 saturated carbocycles. The van der Waals surface area contributed by atoms with Crippen LogP contribution in [0.25, 0.3) is 38.8 Å². The lowest BCUT2D eigenvalue weighted by Crippen LogP contribution is -2.11. The predicted octanol–water partition coefficient (Wildman–Crippen LogP) is 10.4. The molecule has 0 unspecified atom stereocenters. The van der Waals surface area contributed by atoms with Crippen molar-refractivity contribution < 1.29 is 4.74 Å². The first-order chi connectivity index (χ1) is 20.4. The normalized spacial score (nSPS) is 14.5. The van der Waals surface area contributed by atoms with Crippen LogP contribution in [0.2, 0.25) is 0 Å². The fraction of sp³-hybridized carbons (Fsp3) is 0.263. The Labute approximate surface area is 248 Å². The summed E-state index contributed by atoms with van der Waals surface area (Å²) in [6.45, 7) is 6.60. The second-order valence-corrected chi connectivity index (χ2v) is 12.6. The molecule has 0 aliphatic heterocycles. The Bertz CT molecular complexity index is 1890. The number of para-hydroxylation sites is 1. The van der Waals surface area contributed by atoms with E-state index in [1.165, 1.54) is 59.5 Å². The fourth-order valence-electron chi connectivity index (χ4n) is 6.43. The number of hydrogen-bond donors (Lipinski definition) is 0. The van der Waals surface area contributed by atoms with E-state index in [1.807, 2.05) is 30.6 Å². The number of ether oxygens (including phenoxy) is 1. The summed E-state index contributed by atoms with van der Waals surface area (Å²) in [5.74, 6) is 3.00. The fourth-order valence-corrected chi connectivity index (χ4v) is 6.43. The average Bonchev–Trinajstić information content (AvgIpc) is 3.35. The Morgan fingerprint density at radius 2 is 1.48 bits per heavy atom. The summed E-state index contributed by atoms with van der Waals surface area (Å²) in [5, 5.41) is 2.47. The number of pyridine rings is 2. The van der Waals surface area contributed by atoms with Gasteiger partial charge in [0.2, 0.25) is 5.88 Å². The van der Waals surface area contributed by atoms with Gasteiger partial charge in [-0.25, -0.2) is 9.97 Å². The molecule has 4 heteroatoms. The Kier molecular flexibility index (Phi) is 6.78. The van der Waals surface area contributed by atoms with Crippen LogP contribution in [0.3, 0.4) is 0 Å². The molecule has 0 atom stereocenters. The highest BCUT2D eigenvalue weighted by atomic mass is 16.5. The summed E-state index contributed by atoms with van der Waals surface area (Å²) in [6.07, 6.45) is 10.4. The predicted molar refractivity (Wildman–Crippen MR) is 173 cm³/mol. The highest BCUT2D eigenvalue weighted by Gasteiger charge is 2.19. The van der Waals surface area contributed by atoms with Gasteiger partial charge in [0.15, 0.2) is 0 Å². The number of nitrogens with zero attached hydrogens (tertiary/aromatic N) is 3. The lowest BCUT2D eigenvalue weighted by molar-refractivity contribution is 0.443. The molecular formula is C38H37N3O. The summed E-state index contributed by atoms with van der Waals surface area (Å²) in [4.78, 5) is 9.37. The Hall–Kier alpha value is -4.44. The van der Waals surface area contributed by atoms with E-state index in [0.29, 0.717) is 11.8 Å². The topological polar surface area (TPSA) is 39.9 Å². The van der Waals surface area contributed by atoms with Gasteiger partial charge in [0.1, 0.15) is 11.6 Å². The summed E-state index contributed by atoms with van der Waals surface area (Å²) in [5.41, 5.74) is 7.21. The molecule has 6 aromatic rings. The van der Waals surface area contributed by atoms with Crippen LogP contribution in [-0.2, 0) is 5.41 Å². The number of rotatable bonds is 5.